The lowest BCUT2D eigenvalue weighted by Gasteiger charge is -2.33. The predicted octanol–water partition coefficient (Wildman–Crippen LogP) is 4.38. The molecule has 3 heterocycles. The molecule has 4 rings (SSSR count). The first-order valence-corrected chi connectivity index (χ1v) is 9.57. The quantitative estimate of drug-likeness (QED) is 0.696. The number of hydrogen-bond acceptors (Lipinski definition) is 5. The van der Waals surface area contributed by atoms with Crippen LogP contribution in [0.3, 0.4) is 0 Å². The summed E-state index contributed by atoms with van der Waals surface area (Å²) in [5.41, 5.74) is 5.07. The molecule has 1 fully saturated rings. The van der Waals surface area contributed by atoms with Crippen molar-refractivity contribution >= 4 is 28.0 Å². The lowest BCUT2D eigenvalue weighted by Crippen LogP contribution is -2.46. The van der Waals surface area contributed by atoms with E-state index in [1.807, 2.05) is 35.5 Å². The molecule has 0 unspecified atom stereocenters. The molecule has 4 nitrogen and oxygen atoms in total. The van der Waals surface area contributed by atoms with Gasteiger partial charge in [0.2, 0.25) is 0 Å². The first-order chi connectivity index (χ1) is 12.7. The number of fused-ring (bicyclic) bond motifs is 1. The fourth-order valence-electron chi connectivity index (χ4n) is 3.44. The van der Waals surface area contributed by atoms with Crippen LogP contribution in [0.15, 0.2) is 33.5 Å². The molecule has 1 N–H and O–H groups in total. The average Bonchev–Trinajstić information content (AvgIpc) is 3.25. The van der Waals surface area contributed by atoms with E-state index in [4.69, 9.17) is 4.42 Å². The number of alkyl halides is 1. The van der Waals surface area contributed by atoms with Crippen LogP contribution in [0.5, 0.6) is 0 Å². The zero-order valence-corrected chi connectivity index (χ0v) is 15.6. The van der Waals surface area contributed by atoms with Crippen molar-refractivity contribution in [2.24, 2.45) is 0 Å². The van der Waals surface area contributed by atoms with Crippen molar-refractivity contribution in [3.05, 3.63) is 34.8 Å². The van der Waals surface area contributed by atoms with Gasteiger partial charge >= 0.3 is 0 Å². The number of aromatic nitrogens is 1. The van der Waals surface area contributed by atoms with Gasteiger partial charge in [-0.2, -0.15) is 0 Å². The Morgan fingerprint density at radius 2 is 2.31 bits per heavy atom. The van der Waals surface area contributed by atoms with Crippen LogP contribution < -0.4 is 5.32 Å². The summed E-state index contributed by atoms with van der Waals surface area (Å²) in [5.74, 6) is 6.54. The number of piperidine rings is 1. The number of nitrogens with zero attached hydrogens (tertiary/aromatic N) is 2. The molecule has 3 aromatic rings. The van der Waals surface area contributed by atoms with Crippen molar-refractivity contribution in [3.8, 4) is 23.1 Å². The van der Waals surface area contributed by atoms with Gasteiger partial charge in [0.15, 0.2) is 11.3 Å². The summed E-state index contributed by atoms with van der Waals surface area (Å²) < 4.78 is 20.5. The van der Waals surface area contributed by atoms with Gasteiger partial charge in [0.1, 0.15) is 6.17 Å². The zero-order valence-electron chi connectivity index (χ0n) is 14.8. The van der Waals surface area contributed by atoms with Crippen LogP contribution in [0.4, 0.5) is 10.1 Å². The number of para-hydroxylation sites is 1. The van der Waals surface area contributed by atoms with E-state index in [-0.39, 0.29) is 6.04 Å². The largest absolute Gasteiger partial charge is 0.445 e. The number of halogens is 1. The molecule has 26 heavy (non-hydrogen) atoms. The maximum Gasteiger partial charge on any atom is 0.187 e. The maximum absolute atomic E-state index is 14.4. The highest BCUT2D eigenvalue weighted by molar-refractivity contribution is 7.07. The van der Waals surface area contributed by atoms with Crippen LogP contribution in [0.25, 0.3) is 22.2 Å². The van der Waals surface area contributed by atoms with Gasteiger partial charge in [-0.25, -0.2) is 9.37 Å². The third-order valence-electron chi connectivity index (χ3n) is 4.73. The fraction of sp³-hybridized carbons (Fsp3) is 0.350. The van der Waals surface area contributed by atoms with Crippen LogP contribution in [0.1, 0.15) is 19.1 Å². The molecule has 0 saturated carbocycles. The van der Waals surface area contributed by atoms with Crippen molar-refractivity contribution in [1.82, 2.24) is 9.88 Å². The second-order valence-electron chi connectivity index (χ2n) is 6.55. The highest BCUT2D eigenvalue weighted by Gasteiger charge is 2.28. The van der Waals surface area contributed by atoms with E-state index in [0.717, 1.165) is 35.3 Å². The van der Waals surface area contributed by atoms with Gasteiger partial charge < -0.3 is 14.6 Å². The molecule has 0 aliphatic carbocycles. The molecule has 1 aliphatic heterocycles. The van der Waals surface area contributed by atoms with Crippen molar-refractivity contribution in [3.63, 3.8) is 0 Å². The summed E-state index contributed by atoms with van der Waals surface area (Å²) in [6.45, 7) is 3.11. The first kappa shape index (κ1) is 17.1. The van der Waals surface area contributed by atoms with E-state index in [0.29, 0.717) is 17.9 Å². The van der Waals surface area contributed by atoms with E-state index in [1.165, 1.54) is 11.3 Å². The van der Waals surface area contributed by atoms with Crippen LogP contribution in [0, 0.1) is 11.8 Å². The predicted molar refractivity (Wildman–Crippen MR) is 104 cm³/mol. The van der Waals surface area contributed by atoms with E-state index in [1.54, 1.807) is 12.4 Å². The average molecular weight is 369 g/mol. The summed E-state index contributed by atoms with van der Waals surface area (Å²) in [6.07, 6.45) is -0.151. The number of thiazole rings is 1. The molecule has 1 aliphatic rings. The maximum atomic E-state index is 14.4. The summed E-state index contributed by atoms with van der Waals surface area (Å²) >= 11 is 1.54. The number of benzene rings is 1. The van der Waals surface area contributed by atoms with Crippen LogP contribution in [0.2, 0.25) is 0 Å². The van der Waals surface area contributed by atoms with E-state index in [2.05, 4.69) is 22.1 Å². The normalized spacial score (nSPS) is 20.7. The zero-order chi connectivity index (χ0) is 18.1. The lowest BCUT2D eigenvalue weighted by molar-refractivity contribution is 0.149. The molecule has 1 saturated heterocycles. The summed E-state index contributed by atoms with van der Waals surface area (Å²) in [6, 6.07) is 5.68. The molecule has 0 radical (unpaired) electrons. The molecule has 0 bridgehead atoms. The van der Waals surface area contributed by atoms with E-state index < -0.39 is 6.17 Å². The van der Waals surface area contributed by atoms with Gasteiger partial charge in [0.05, 0.1) is 28.5 Å². The Kier molecular flexibility index (Phi) is 4.66. The van der Waals surface area contributed by atoms with Gasteiger partial charge in [-0.1, -0.05) is 18.1 Å². The van der Waals surface area contributed by atoms with Gasteiger partial charge in [0, 0.05) is 23.9 Å². The summed E-state index contributed by atoms with van der Waals surface area (Å²) in [7, 11) is 1.95. The highest BCUT2D eigenvalue weighted by Crippen LogP contribution is 2.38. The third kappa shape index (κ3) is 3.09. The Morgan fingerprint density at radius 1 is 1.42 bits per heavy atom. The minimum atomic E-state index is -0.910. The Morgan fingerprint density at radius 3 is 3.04 bits per heavy atom. The molecule has 2 aromatic heterocycles. The Labute approximate surface area is 156 Å². The minimum Gasteiger partial charge on any atom is -0.445 e. The molecular formula is C20H20FN3OS. The monoisotopic (exact) mass is 369 g/mol. The standard InChI is InChI=1S/C20H20FN3OS/c1-3-5-18-19(17-11-26-12-22-17)13-6-4-7-16(20(13)25-18)23-15-8-9-24(2)10-14(15)21/h4,6-7,11-12,14-15,23H,8-10H2,1-2H3/t14-,15+/m1/s1. The molecular weight excluding hydrogens is 349 g/mol. The number of hydrogen-bond donors (Lipinski definition) is 1. The molecule has 0 amide bonds. The minimum absolute atomic E-state index is 0.217. The van der Waals surface area contributed by atoms with Gasteiger partial charge in [0.25, 0.3) is 0 Å². The second-order valence-corrected chi connectivity index (χ2v) is 7.27. The smallest absolute Gasteiger partial charge is 0.187 e. The molecule has 0 spiro atoms. The lowest BCUT2D eigenvalue weighted by atomic mass is 10.0. The first-order valence-electron chi connectivity index (χ1n) is 8.63. The second kappa shape index (κ2) is 7.10. The Bertz CT molecular complexity index is 970. The van der Waals surface area contributed by atoms with Crippen molar-refractivity contribution in [2.45, 2.75) is 25.6 Å². The Hall–Kier alpha value is -2.36. The number of likely N-dealkylation sites (tertiary alicyclic amines) is 1. The van der Waals surface area contributed by atoms with Crippen LogP contribution in [-0.4, -0.2) is 42.2 Å². The van der Waals surface area contributed by atoms with Crippen molar-refractivity contribution in [1.29, 1.82) is 0 Å². The molecule has 134 valence electrons. The van der Waals surface area contributed by atoms with Gasteiger partial charge in [-0.15, -0.1) is 11.3 Å². The van der Waals surface area contributed by atoms with E-state index in [9.17, 15) is 4.39 Å². The topological polar surface area (TPSA) is 41.3 Å². The number of anilines is 1. The number of furan rings is 1. The molecule has 1 aromatic carbocycles. The Balaban J connectivity index is 1.77. The highest BCUT2D eigenvalue weighted by atomic mass is 32.1. The SMILES string of the molecule is CC#Cc1oc2c(N[C@H]3CCN(C)C[C@H]3F)cccc2c1-c1cscn1. The number of nitrogens with one attached hydrogen (secondary N) is 1. The fourth-order valence-corrected chi connectivity index (χ4v) is 3.99. The summed E-state index contributed by atoms with van der Waals surface area (Å²) in [5, 5.41) is 6.29. The van der Waals surface area contributed by atoms with Crippen LogP contribution >= 0.6 is 11.3 Å². The van der Waals surface area contributed by atoms with Crippen molar-refractivity contribution in [2.75, 3.05) is 25.5 Å². The molecule has 2 atom stereocenters. The van der Waals surface area contributed by atoms with E-state index >= 15 is 0 Å². The number of rotatable bonds is 3. The van der Waals surface area contributed by atoms with Gasteiger partial charge in [-0.3, -0.25) is 0 Å². The summed E-state index contributed by atoms with van der Waals surface area (Å²) in [4.78, 5) is 6.44. The molecule has 6 heteroatoms. The van der Waals surface area contributed by atoms with Crippen molar-refractivity contribution < 1.29 is 8.81 Å². The third-order valence-corrected chi connectivity index (χ3v) is 5.31. The van der Waals surface area contributed by atoms with Crippen LogP contribution in [-0.2, 0) is 0 Å². The van der Waals surface area contributed by atoms with Gasteiger partial charge in [-0.05, 0) is 32.4 Å².